The Hall–Kier alpha value is -0.660. The summed E-state index contributed by atoms with van der Waals surface area (Å²) in [5.74, 6) is -1.74. The average Bonchev–Trinajstić information content (AvgIpc) is 1.75. The summed E-state index contributed by atoms with van der Waals surface area (Å²) in [5, 5.41) is 13.4. The Morgan fingerprint density at radius 3 is 2.17 bits per heavy atom. The second kappa shape index (κ2) is 2.68. The molecule has 0 unspecified atom stereocenters. The number of aliphatic carboxylic acids is 1. The summed E-state index contributed by atoms with van der Waals surface area (Å²) in [7, 11) is -3.75. The van der Waals surface area contributed by atoms with Crippen LogP contribution in [0.2, 0.25) is 0 Å². The van der Waals surface area contributed by atoms with Crippen LogP contribution in [-0.2, 0) is 19.6 Å². The number of carbonyl (C=O) groups is 1. The molecule has 0 atom stereocenters. The van der Waals surface area contributed by atoms with E-state index in [0.717, 1.165) is 0 Å². The molecule has 0 amide bonds. The Bertz CT molecular complexity index is 291. The number of rotatable bonds is 3. The van der Waals surface area contributed by atoms with E-state index in [1.54, 1.807) is 0 Å². The maximum Gasteiger partial charge on any atom is 0.315 e. The molecule has 0 saturated carbocycles. The van der Waals surface area contributed by atoms with Crippen LogP contribution in [0.15, 0.2) is 0 Å². The number of hydrogen-bond donors (Lipinski definition) is 2. The van der Waals surface area contributed by atoms with Gasteiger partial charge in [-0.25, -0.2) is 13.6 Å². The van der Waals surface area contributed by atoms with E-state index >= 15 is 0 Å². The fraction of sp³-hybridized carbons (Fsp3) is 0.800. The van der Waals surface area contributed by atoms with Gasteiger partial charge in [0.2, 0.25) is 10.0 Å². The molecule has 1 aliphatic rings. The van der Waals surface area contributed by atoms with Gasteiger partial charge in [-0.3, -0.25) is 4.79 Å². The molecular formula is C5H9NO5S. The summed E-state index contributed by atoms with van der Waals surface area (Å²) in [5.41, 5.74) is -1.31. The minimum Gasteiger partial charge on any atom is -0.481 e. The molecule has 0 aromatic heterocycles. The molecule has 1 fully saturated rings. The predicted molar refractivity (Wildman–Crippen MR) is 38.9 cm³/mol. The van der Waals surface area contributed by atoms with Crippen LogP contribution in [0.5, 0.6) is 0 Å². The highest BCUT2D eigenvalue weighted by atomic mass is 32.2. The monoisotopic (exact) mass is 195 g/mol. The molecular weight excluding hydrogens is 186 g/mol. The fourth-order valence-corrected chi connectivity index (χ4v) is 2.06. The molecule has 0 aliphatic carbocycles. The predicted octanol–water partition coefficient (Wildman–Crippen LogP) is -1.62. The van der Waals surface area contributed by atoms with Gasteiger partial charge in [0.1, 0.15) is 5.41 Å². The Balaban J connectivity index is 2.76. The van der Waals surface area contributed by atoms with E-state index in [1.807, 2.05) is 0 Å². The summed E-state index contributed by atoms with van der Waals surface area (Å²) in [6.45, 7) is -0.169. The van der Waals surface area contributed by atoms with E-state index in [1.165, 1.54) is 0 Å². The summed E-state index contributed by atoms with van der Waals surface area (Å²) in [6, 6.07) is 0. The minimum absolute atomic E-state index is 0.0846. The highest BCUT2D eigenvalue weighted by molar-refractivity contribution is 7.89. The molecule has 1 rings (SSSR count). The Labute approximate surface area is 69.4 Å². The third-order valence-corrected chi connectivity index (χ3v) is 2.64. The van der Waals surface area contributed by atoms with Crippen molar-refractivity contribution in [3.63, 3.8) is 0 Å². The summed E-state index contributed by atoms with van der Waals surface area (Å²) < 4.78 is 25.9. The highest BCUT2D eigenvalue weighted by Crippen LogP contribution is 2.28. The third kappa shape index (κ3) is 1.74. The second-order valence-electron chi connectivity index (χ2n) is 2.89. The van der Waals surface area contributed by atoms with Crippen molar-refractivity contribution in [2.24, 2.45) is 10.6 Å². The van der Waals surface area contributed by atoms with Gasteiger partial charge in [-0.15, -0.1) is 0 Å². The number of carboxylic acids is 1. The van der Waals surface area contributed by atoms with Crippen LogP contribution in [-0.4, -0.2) is 38.5 Å². The van der Waals surface area contributed by atoms with Crippen LogP contribution in [0.3, 0.4) is 0 Å². The molecule has 12 heavy (non-hydrogen) atoms. The molecule has 1 saturated heterocycles. The van der Waals surface area contributed by atoms with Crippen molar-refractivity contribution in [2.45, 2.75) is 0 Å². The molecule has 1 heterocycles. The lowest BCUT2D eigenvalue weighted by molar-refractivity contribution is -0.174. The number of hydrogen-bond acceptors (Lipinski definition) is 4. The molecule has 7 heteroatoms. The number of ether oxygens (including phenoxy) is 1. The first-order valence-corrected chi connectivity index (χ1v) is 4.89. The lowest BCUT2D eigenvalue weighted by atomic mass is 9.89. The lowest BCUT2D eigenvalue weighted by Crippen LogP contribution is -2.54. The maximum absolute atomic E-state index is 10.6. The van der Waals surface area contributed by atoms with Crippen LogP contribution in [0.1, 0.15) is 0 Å². The standard InChI is InChI=1S/C5H9NO5S/c6-12(9,10)3-5(4(7)8)1-11-2-5/h1-3H2,(H,7,8)(H2,6,9,10). The number of sulfonamides is 1. The largest absolute Gasteiger partial charge is 0.481 e. The highest BCUT2D eigenvalue weighted by Gasteiger charge is 2.48. The van der Waals surface area contributed by atoms with E-state index < -0.39 is 27.2 Å². The zero-order valence-corrected chi connectivity index (χ0v) is 7.00. The first kappa shape index (κ1) is 9.43. The van der Waals surface area contributed by atoms with Gasteiger partial charge in [-0.2, -0.15) is 0 Å². The van der Waals surface area contributed by atoms with Crippen molar-refractivity contribution in [1.82, 2.24) is 0 Å². The van der Waals surface area contributed by atoms with Crippen LogP contribution >= 0.6 is 0 Å². The number of nitrogens with two attached hydrogens (primary N) is 1. The Morgan fingerprint density at radius 1 is 1.58 bits per heavy atom. The summed E-state index contributed by atoms with van der Waals surface area (Å²) >= 11 is 0. The Kier molecular flexibility index (Phi) is 2.11. The van der Waals surface area contributed by atoms with Crippen molar-refractivity contribution in [3.8, 4) is 0 Å². The van der Waals surface area contributed by atoms with Crippen LogP contribution in [0.25, 0.3) is 0 Å². The molecule has 70 valence electrons. The summed E-state index contributed by atoms with van der Waals surface area (Å²) in [6.07, 6.45) is 0. The Morgan fingerprint density at radius 2 is 2.08 bits per heavy atom. The molecule has 6 nitrogen and oxygen atoms in total. The first-order chi connectivity index (χ1) is 5.36. The van der Waals surface area contributed by atoms with E-state index in [-0.39, 0.29) is 13.2 Å². The molecule has 0 aromatic carbocycles. The molecule has 0 bridgehead atoms. The van der Waals surface area contributed by atoms with Crippen LogP contribution in [0.4, 0.5) is 0 Å². The second-order valence-corrected chi connectivity index (χ2v) is 4.50. The maximum atomic E-state index is 10.6. The molecule has 0 spiro atoms. The van der Waals surface area contributed by atoms with Crippen LogP contribution in [0, 0.1) is 5.41 Å². The van der Waals surface area contributed by atoms with Gasteiger partial charge in [0.25, 0.3) is 0 Å². The minimum atomic E-state index is -3.75. The fourth-order valence-electron chi connectivity index (χ4n) is 1.00. The van der Waals surface area contributed by atoms with E-state index in [0.29, 0.717) is 0 Å². The van der Waals surface area contributed by atoms with Gasteiger partial charge in [0.15, 0.2) is 0 Å². The van der Waals surface area contributed by atoms with E-state index in [9.17, 15) is 13.2 Å². The van der Waals surface area contributed by atoms with E-state index in [2.05, 4.69) is 4.74 Å². The molecule has 0 radical (unpaired) electrons. The van der Waals surface area contributed by atoms with Crippen molar-refractivity contribution < 1.29 is 23.1 Å². The van der Waals surface area contributed by atoms with Crippen molar-refractivity contribution >= 4 is 16.0 Å². The van der Waals surface area contributed by atoms with E-state index in [4.69, 9.17) is 10.2 Å². The normalized spacial score (nSPS) is 21.4. The van der Waals surface area contributed by atoms with Gasteiger partial charge in [-0.05, 0) is 0 Å². The quantitative estimate of drug-likeness (QED) is 0.562. The summed E-state index contributed by atoms with van der Waals surface area (Å²) in [4.78, 5) is 10.6. The topological polar surface area (TPSA) is 107 Å². The SMILES string of the molecule is NS(=O)(=O)CC1(C(=O)O)COC1. The molecule has 0 aromatic rings. The zero-order valence-electron chi connectivity index (χ0n) is 6.19. The van der Waals surface area contributed by atoms with Crippen molar-refractivity contribution in [2.75, 3.05) is 19.0 Å². The number of carboxylic acid groups (broad SMARTS) is 1. The van der Waals surface area contributed by atoms with Gasteiger partial charge in [0.05, 0.1) is 19.0 Å². The average molecular weight is 195 g/mol. The van der Waals surface area contributed by atoms with Crippen LogP contribution < -0.4 is 5.14 Å². The molecule has 1 aliphatic heterocycles. The smallest absolute Gasteiger partial charge is 0.315 e. The molecule has 3 N–H and O–H groups in total. The van der Waals surface area contributed by atoms with Crippen molar-refractivity contribution in [1.29, 1.82) is 0 Å². The third-order valence-electron chi connectivity index (χ3n) is 1.69. The number of primary sulfonamides is 1. The van der Waals surface area contributed by atoms with Gasteiger partial charge in [0, 0.05) is 0 Å². The lowest BCUT2D eigenvalue weighted by Gasteiger charge is -2.36. The van der Waals surface area contributed by atoms with Gasteiger partial charge < -0.3 is 9.84 Å². The van der Waals surface area contributed by atoms with Gasteiger partial charge >= 0.3 is 5.97 Å². The van der Waals surface area contributed by atoms with Crippen molar-refractivity contribution in [3.05, 3.63) is 0 Å². The zero-order chi connectivity index (χ0) is 9.41. The van der Waals surface area contributed by atoms with Gasteiger partial charge in [-0.1, -0.05) is 0 Å². The first-order valence-electron chi connectivity index (χ1n) is 3.17.